The monoisotopic (exact) mass is 910 g/mol. The number of rotatable bonds is 6. The first-order chi connectivity index (χ1) is 25.3. The zero-order valence-electron chi connectivity index (χ0n) is 38.5. The smallest absolute Gasteiger partial charge is 1.00 e. The number of fused-ring (bicyclic) bond motifs is 2. The Morgan fingerprint density at radius 1 is 0.466 bits per heavy atom. The van der Waals surface area contributed by atoms with Crippen molar-refractivity contribution >= 4 is 40.0 Å². The van der Waals surface area contributed by atoms with Crippen molar-refractivity contribution in [3.05, 3.63) is 106 Å². The van der Waals surface area contributed by atoms with Gasteiger partial charge >= 0.3 is 26.2 Å². The predicted molar refractivity (Wildman–Crippen MR) is 244 cm³/mol. The molecule has 0 bridgehead atoms. The van der Waals surface area contributed by atoms with Gasteiger partial charge in [-0.05, 0) is 55.0 Å². The van der Waals surface area contributed by atoms with Crippen molar-refractivity contribution in [1.82, 2.24) is 0 Å². The Hall–Kier alpha value is -2.62. The maximum absolute atomic E-state index is 6.12. The molecule has 0 amide bonds. The Morgan fingerprint density at radius 2 is 0.741 bits per heavy atom. The standard InChI is InChI=1S/C52H66O2Si.2ClH.Zr/c1-31-23-41-43(53-15)21-19-39(33-25-35(49(3,4)5)29-36(26-33)50(6,7)8)45(41)47(31)55(17,18)48-32(2)24-42-44(54-16)22-20-40(46(42)48)34-27-37(51(9,10)11)30-38(28-34)52(12,13)14;;;/h19-30H,1-18H3;2*1H;/q-2;;;+4/p-2. The molecule has 58 heavy (non-hydrogen) atoms. The number of ether oxygens (including phenoxy) is 2. The van der Waals surface area contributed by atoms with Crippen molar-refractivity contribution in [2.75, 3.05) is 14.2 Å². The van der Waals surface area contributed by atoms with Crippen LogP contribution < -0.4 is 44.7 Å². The molecule has 0 fully saturated rings. The van der Waals surface area contributed by atoms with Gasteiger partial charge in [0.15, 0.2) is 0 Å². The topological polar surface area (TPSA) is 18.5 Å². The molecule has 0 spiro atoms. The summed E-state index contributed by atoms with van der Waals surface area (Å²) in [5, 5.41) is 8.04. The van der Waals surface area contributed by atoms with Gasteiger partial charge in [-0.1, -0.05) is 182 Å². The second-order valence-corrected chi connectivity index (χ2v) is 25.1. The fraction of sp³-hybridized carbons (Fsp3) is 0.423. The first-order valence-electron chi connectivity index (χ1n) is 20.2. The summed E-state index contributed by atoms with van der Waals surface area (Å²) in [6, 6.07) is 28.4. The Labute approximate surface area is 383 Å². The maximum Gasteiger partial charge on any atom is 4.00 e. The molecule has 0 unspecified atom stereocenters. The molecule has 0 radical (unpaired) electrons. The molecule has 0 aromatic heterocycles. The molecular weight excluding hydrogens is 847 g/mol. The van der Waals surface area contributed by atoms with Gasteiger partial charge in [0, 0.05) is 19.6 Å². The molecule has 0 saturated heterocycles. The molecule has 0 aliphatic carbocycles. The van der Waals surface area contributed by atoms with Crippen LogP contribution in [0.15, 0.2) is 72.8 Å². The normalized spacial score (nSPS) is 12.6. The minimum Gasteiger partial charge on any atom is -1.00 e. The van der Waals surface area contributed by atoms with Crippen molar-refractivity contribution in [1.29, 1.82) is 0 Å². The minimum absolute atomic E-state index is 0. The average molecular weight is 913 g/mol. The number of methoxy groups -OCH3 is 2. The quantitative estimate of drug-likeness (QED) is 0.128. The summed E-state index contributed by atoms with van der Waals surface area (Å²) in [7, 11) is 1.13. The summed E-state index contributed by atoms with van der Waals surface area (Å²) in [5.41, 5.74) is 13.3. The zero-order valence-corrected chi connectivity index (χ0v) is 43.5. The molecule has 0 N–H and O–H groups in total. The zero-order chi connectivity index (χ0) is 40.8. The van der Waals surface area contributed by atoms with E-state index in [1.807, 2.05) is 14.2 Å². The number of aryl methyl sites for hydroxylation is 2. The van der Waals surface area contributed by atoms with Gasteiger partial charge in [0.25, 0.3) is 0 Å². The van der Waals surface area contributed by atoms with Gasteiger partial charge in [0.2, 0.25) is 0 Å². The van der Waals surface area contributed by atoms with E-state index in [0.29, 0.717) is 0 Å². The fourth-order valence-corrected chi connectivity index (χ4v) is 13.0. The third-order valence-electron chi connectivity index (χ3n) is 12.1. The van der Waals surface area contributed by atoms with Crippen LogP contribution >= 0.6 is 0 Å². The molecule has 0 heterocycles. The number of hydrogen-bond donors (Lipinski definition) is 0. The first-order valence-corrected chi connectivity index (χ1v) is 23.2. The Bertz CT molecular complexity index is 2200. The van der Waals surface area contributed by atoms with Gasteiger partial charge in [-0.25, -0.2) is 0 Å². The Morgan fingerprint density at radius 3 is 0.983 bits per heavy atom. The van der Waals surface area contributed by atoms with Crippen LogP contribution in [-0.2, 0) is 47.9 Å². The number of benzene rings is 4. The molecular formula is C52H66Cl2O2SiZr. The van der Waals surface area contributed by atoms with Gasteiger partial charge < -0.3 is 34.3 Å². The summed E-state index contributed by atoms with van der Waals surface area (Å²) >= 11 is 0. The van der Waals surface area contributed by atoms with Gasteiger partial charge in [0.1, 0.15) is 0 Å². The molecule has 0 aliphatic rings. The van der Waals surface area contributed by atoms with Gasteiger partial charge in [-0.3, -0.25) is 0 Å². The Kier molecular flexibility index (Phi) is 14.6. The van der Waals surface area contributed by atoms with Crippen LogP contribution in [0, 0.1) is 13.8 Å². The molecule has 308 valence electrons. The maximum atomic E-state index is 6.12. The molecule has 6 rings (SSSR count). The molecule has 6 aromatic carbocycles. The van der Waals surface area contributed by atoms with Gasteiger partial charge in [-0.2, -0.15) is 10.4 Å². The molecule has 0 saturated carbocycles. The fourth-order valence-electron chi connectivity index (χ4n) is 8.87. The van der Waals surface area contributed by atoms with E-state index in [-0.39, 0.29) is 72.7 Å². The average Bonchev–Trinajstić information content (AvgIpc) is 3.62. The van der Waals surface area contributed by atoms with E-state index in [1.165, 1.54) is 87.6 Å². The van der Waals surface area contributed by atoms with Crippen molar-refractivity contribution in [2.24, 2.45) is 0 Å². The number of hydrogen-bond acceptors (Lipinski definition) is 2. The van der Waals surface area contributed by atoms with Crippen LogP contribution in [0.1, 0.15) is 116 Å². The summed E-state index contributed by atoms with van der Waals surface area (Å²) in [6.45, 7) is 37.7. The molecule has 6 heteroatoms. The van der Waals surface area contributed by atoms with E-state index >= 15 is 0 Å². The van der Waals surface area contributed by atoms with Crippen LogP contribution in [0.4, 0.5) is 0 Å². The summed E-state index contributed by atoms with van der Waals surface area (Å²) in [5.74, 6) is 1.86. The third kappa shape index (κ3) is 9.03. The van der Waals surface area contributed by atoms with Crippen LogP contribution in [0.5, 0.6) is 11.5 Å². The van der Waals surface area contributed by atoms with E-state index in [4.69, 9.17) is 9.47 Å². The van der Waals surface area contributed by atoms with E-state index in [9.17, 15) is 0 Å². The van der Waals surface area contributed by atoms with Gasteiger partial charge in [-0.15, -0.1) is 44.8 Å². The molecule has 6 aromatic rings. The second kappa shape index (κ2) is 17.0. The number of halogens is 2. The predicted octanol–water partition coefficient (Wildman–Crippen LogP) is 7.42. The van der Waals surface area contributed by atoms with E-state index in [2.05, 4.69) is 183 Å². The summed E-state index contributed by atoms with van der Waals surface area (Å²) in [6.07, 6.45) is 0. The summed E-state index contributed by atoms with van der Waals surface area (Å²) in [4.78, 5) is 0. The van der Waals surface area contributed by atoms with Crippen LogP contribution in [-0.4, -0.2) is 22.3 Å². The third-order valence-corrected chi connectivity index (χ3v) is 15.9. The van der Waals surface area contributed by atoms with Gasteiger partial charge in [0.05, 0.1) is 14.2 Å². The minimum atomic E-state index is -2.48. The molecule has 0 atom stereocenters. The summed E-state index contributed by atoms with van der Waals surface area (Å²) < 4.78 is 12.2. The van der Waals surface area contributed by atoms with E-state index in [0.717, 1.165) is 11.5 Å². The van der Waals surface area contributed by atoms with Crippen molar-refractivity contribution < 1.29 is 60.5 Å². The van der Waals surface area contributed by atoms with Crippen LogP contribution in [0.25, 0.3) is 43.8 Å². The van der Waals surface area contributed by atoms with Crippen molar-refractivity contribution in [2.45, 2.75) is 132 Å². The second-order valence-electron chi connectivity index (χ2n) is 20.8. The van der Waals surface area contributed by atoms with Crippen molar-refractivity contribution in [3.63, 3.8) is 0 Å². The van der Waals surface area contributed by atoms with Crippen molar-refractivity contribution in [3.8, 4) is 33.8 Å². The van der Waals surface area contributed by atoms with Crippen LogP contribution in [0.2, 0.25) is 13.1 Å². The van der Waals surface area contributed by atoms with Crippen LogP contribution in [0.3, 0.4) is 0 Å². The molecule has 2 nitrogen and oxygen atoms in total. The molecule has 0 aliphatic heterocycles. The Balaban J connectivity index is 0.00000300. The first kappa shape index (κ1) is 49.7. The largest absolute Gasteiger partial charge is 4.00 e. The van der Waals surface area contributed by atoms with E-state index < -0.39 is 8.07 Å². The van der Waals surface area contributed by atoms with E-state index in [1.54, 1.807) is 0 Å². The SMILES string of the molecule is COc1ccc(-c2cc(C(C)(C)C)cc(C(C)(C)C)c2)c2c([Si](C)(C)c3c(C)[cH-]c4c(OC)ccc(-c5cc(C(C)(C)C)cc(C(C)(C)C)c5)c34)c(C)[cH-]c12.[Cl-].[Cl-].[Zr+4].